The summed E-state index contributed by atoms with van der Waals surface area (Å²) in [5.74, 6) is 0.753. The average Bonchev–Trinajstić information content (AvgIpc) is 3.14. The monoisotopic (exact) mass is 455 g/mol. The van der Waals surface area contributed by atoms with E-state index in [2.05, 4.69) is 20.9 Å². The Morgan fingerprint density at radius 3 is 2.61 bits per heavy atom. The van der Waals surface area contributed by atoms with Gasteiger partial charge < -0.3 is 10.0 Å². The molecule has 3 aromatic rings. The molecule has 1 spiro atoms. The Labute approximate surface area is 191 Å². The van der Waals surface area contributed by atoms with Gasteiger partial charge in [-0.3, -0.25) is 4.98 Å². The molecule has 1 fully saturated rings. The van der Waals surface area contributed by atoms with E-state index in [1.165, 1.54) is 11.3 Å². The minimum absolute atomic E-state index is 0.191. The minimum Gasteiger partial charge on any atom is -0.390 e. The number of fused-ring (bicyclic) bond motifs is 1. The van der Waals surface area contributed by atoms with Crippen molar-refractivity contribution in [1.29, 1.82) is 0 Å². The number of aryl methyl sites for hydroxylation is 1. The highest BCUT2D eigenvalue weighted by Crippen LogP contribution is 2.44. The predicted molar refractivity (Wildman–Crippen MR) is 121 cm³/mol. The molecule has 160 valence electrons. The lowest BCUT2D eigenvalue weighted by atomic mass is 9.76. The van der Waals surface area contributed by atoms with Crippen LogP contribution < -0.4 is 4.90 Å². The number of nitrogens with zero attached hydrogens (tertiary/aromatic N) is 5. The molecular formula is C23H23Cl2N5O. The third-order valence-electron chi connectivity index (χ3n) is 6.59. The maximum atomic E-state index is 10.0. The largest absolute Gasteiger partial charge is 0.390 e. The summed E-state index contributed by atoms with van der Waals surface area (Å²) in [4.78, 5) is 20.4. The predicted octanol–water partition coefficient (Wildman–Crippen LogP) is 4.43. The van der Waals surface area contributed by atoms with Crippen molar-refractivity contribution in [1.82, 2.24) is 19.9 Å². The first-order valence-electron chi connectivity index (χ1n) is 10.5. The van der Waals surface area contributed by atoms with Crippen molar-refractivity contribution in [2.45, 2.75) is 39.2 Å². The number of hydrogen-bond donors (Lipinski definition) is 1. The average molecular weight is 456 g/mol. The van der Waals surface area contributed by atoms with E-state index in [9.17, 15) is 5.11 Å². The first-order valence-corrected chi connectivity index (χ1v) is 11.2. The molecule has 2 aliphatic rings. The molecule has 5 rings (SSSR count). The molecule has 1 saturated heterocycles. The van der Waals surface area contributed by atoms with E-state index in [1.807, 2.05) is 19.2 Å². The van der Waals surface area contributed by atoms with Gasteiger partial charge in [-0.2, -0.15) is 0 Å². The molecule has 0 radical (unpaired) electrons. The highest BCUT2D eigenvalue weighted by atomic mass is 35.5. The Morgan fingerprint density at radius 2 is 1.87 bits per heavy atom. The van der Waals surface area contributed by atoms with Gasteiger partial charge in [0, 0.05) is 36.7 Å². The second kappa shape index (κ2) is 8.01. The molecule has 1 aliphatic carbocycles. The van der Waals surface area contributed by atoms with Gasteiger partial charge in [-0.15, -0.1) is 0 Å². The van der Waals surface area contributed by atoms with E-state index in [0.29, 0.717) is 22.0 Å². The molecule has 0 bridgehead atoms. The summed E-state index contributed by atoms with van der Waals surface area (Å²) in [5.41, 5.74) is 5.51. The lowest BCUT2D eigenvalue weighted by Gasteiger charge is -2.40. The summed E-state index contributed by atoms with van der Waals surface area (Å²) in [6.07, 6.45) is 7.78. The molecule has 0 saturated carbocycles. The van der Waals surface area contributed by atoms with Crippen molar-refractivity contribution in [3.05, 3.63) is 63.4 Å². The van der Waals surface area contributed by atoms with Crippen LogP contribution in [-0.4, -0.2) is 38.1 Å². The fourth-order valence-corrected chi connectivity index (χ4v) is 5.28. The van der Waals surface area contributed by atoms with Crippen molar-refractivity contribution in [3.63, 3.8) is 0 Å². The first-order chi connectivity index (χ1) is 15.0. The van der Waals surface area contributed by atoms with Gasteiger partial charge in [0.2, 0.25) is 0 Å². The lowest BCUT2D eigenvalue weighted by molar-refractivity contribution is 0.230. The quantitative estimate of drug-likeness (QED) is 0.588. The Bertz CT molecular complexity index is 1120. The van der Waals surface area contributed by atoms with Gasteiger partial charge in [-0.25, -0.2) is 15.0 Å². The van der Waals surface area contributed by atoms with Crippen molar-refractivity contribution in [3.8, 4) is 11.3 Å². The standard InChI is InChI=1S/C23H23Cl2N5O/c1-14-20(16-4-8-27-21(25)19(16)24)29-18(13-31)22(28-14)30-9-5-23(6-10-30)11-15-3-2-7-26-17(15)12-23/h2-4,7-8,31H,5-6,9-13H2,1H3. The number of anilines is 1. The molecule has 1 aliphatic heterocycles. The van der Waals surface area contributed by atoms with Gasteiger partial charge in [0.1, 0.15) is 10.8 Å². The first kappa shape index (κ1) is 20.6. The third kappa shape index (κ3) is 3.67. The SMILES string of the molecule is Cc1nc(N2CCC3(CC2)Cc2cccnc2C3)c(CO)nc1-c1ccnc(Cl)c1Cl. The molecule has 4 heterocycles. The third-order valence-corrected chi connectivity index (χ3v) is 7.35. The molecular weight excluding hydrogens is 433 g/mol. The number of halogens is 2. The topological polar surface area (TPSA) is 75.0 Å². The van der Waals surface area contributed by atoms with Crippen LogP contribution in [0, 0.1) is 12.3 Å². The number of aromatic nitrogens is 4. The van der Waals surface area contributed by atoms with Crippen LogP contribution in [0.15, 0.2) is 30.6 Å². The van der Waals surface area contributed by atoms with Gasteiger partial charge in [0.05, 0.1) is 23.0 Å². The van der Waals surface area contributed by atoms with E-state index < -0.39 is 0 Å². The molecule has 0 aromatic carbocycles. The summed E-state index contributed by atoms with van der Waals surface area (Å²) in [6.45, 7) is 3.48. The van der Waals surface area contributed by atoms with Crippen LogP contribution in [0.5, 0.6) is 0 Å². The van der Waals surface area contributed by atoms with Crippen LogP contribution >= 0.6 is 23.2 Å². The Morgan fingerprint density at radius 1 is 1.06 bits per heavy atom. The zero-order valence-corrected chi connectivity index (χ0v) is 18.8. The van der Waals surface area contributed by atoms with Gasteiger partial charge in [-0.1, -0.05) is 29.3 Å². The van der Waals surface area contributed by atoms with E-state index >= 15 is 0 Å². The molecule has 31 heavy (non-hydrogen) atoms. The zero-order valence-electron chi connectivity index (χ0n) is 17.3. The van der Waals surface area contributed by atoms with Crippen molar-refractivity contribution >= 4 is 29.0 Å². The minimum atomic E-state index is -0.191. The number of aliphatic hydroxyl groups is 1. The van der Waals surface area contributed by atoms with Crippen molar-refractivity contribution in [2.24, 2.45) is 5.41 Å². The molecule has 0 unspecified atom stereocenters. The van der Waals surface area contributed by atoms with Crippen LogP contribution in [0.3, 0.4) is 0 Å². The van der Waals surface area contributed by atoms with Crippen molar-refractivity contribution in [2.75, 3.05) is 18.0 Å². The van der Waals surface area contributed by atoms with Gasteiger partial charge in [-0.05, 0) is 55.7 Å². The van der Waals surface area contributed by atoms with E-state index in [4.69, 9.17) is 33.2 Å². The fraction of sp³-hybridized carbons (Fsp3) is 0.391. The highest BCUT2D eigenvalue weighted by molar-refractivity contribution is 6.42. The van der Waals surface area contributed by atoms with Crippen LogP contribution in [0.4, 0.5) is 5.82 Å². The van der Waals surface area contributed by atoms with Crippen LogP contribution in [0.2, 0.25) is 10.2 Å². The van der Waals surface area contributed by atoms with Crippen LogP contribution in [-0.2, 0) is 19.4 Å². The second-order valence-electron chi connectivity index (χ2n) is 8.50. The van der Waals surface area contributed by atoms with Crippen molar-refractivity contribution < 1.29 is 5.11 Å². The molecule has 0 amide bonds. The molecule has 0 atom stereocenters. The van der Waals surface area contributed by atoms with Gasteiger partial charge in [0.25, 0.3) is 0 Å². The van der Waals surface area contributed by atoms with Gasteiger partial charge in [0.15, 0.2) is 5.82 Å². The second-order valence-corrected chi connectivity index (χ2v) is 9.24. The maximum absolute atomic E-state index is 10.0. The molecule has 1 N–H and O–H groups in total. The fourth-order valence-electron chi connectivity index (χ4n) is 4.92. The maximum Gasteiger partial charge on any atom is 0.153 e. The van der Waals surface area contributed by atoms with E-state index in [1.54, 1.807) is 12.3 Å². The number of rotatable bonds is 3. The zero-order chi connectivity index (χ0) is 21.6. The molecule has 6 nitrogen and oxygen atoms in total. The lowest BCUT2D eigenvalue weighted by Crippen LogP contribution is -2.41. The Hall–Kier alpha value is -2.28. The smallest absolute Gasteiger partial charge is 0.153 e. The summed E-state index contributed by atoms with van der Waals surface area (Å²) >= 11 is 12.4. The molecule has 3 aromatic heterocycles. The summed E-state index contributed by atoms with van der Waals surface area (Å²) in [5, 5.41) is 10.6. The van der Waals surface area contributed by atoms with E-state index in [-0.39, 0.29) is 17.2 Å². The number of pyridine rings is 2. The summed E-state index contributed by atoms with van der Waals surface area (Å²) < 4.78 is 0. The summed E-state index contributed by atoms with van der Waals surface area (Å²) in [7, 11) is 0. The van der Waals surface area contributed by atoms with Gasteiger partial charge >= 0.3 is 0 Å². The van der Waals surface area contributed by atoms with E-state index in [0.717, 1.165) is 50.3 Å². The molecule has 8 heteroatoms. The normalized spacial score (nSPS) is 17.2. The Kier molecular flexibility index (Phi) is 5.32. The number of hydrogen-bond acceptors (Lipinski definition) is 6. The van der Waals surface area contributed by atoms with Crippen LogP contribution in [0.25, 0.3) is 11.3 Å². The highest BCUT2D eigenvalue weighted by Gasteiger charge is 2.41. The number of aliphatic hydroxyl groups excluding tert-OH is 1. The summed E-state index contributed by atoms with van der Waals surface area (Å²) in [6, 6.07) is 6.00. The number of piperidine rings is 1. The Balaban J connectivity index is 1.40. The van der Waals surface area contributed by atoms with Crippen LogP contribution in [0.1, 0.15) is 35.5 Å².